The fraction of sp³-hybridized carbons (Fsp3) is 0.625. The number of hydrogen-bond donors (Lipinski definition) is 1. The van der Waals surface area contributed by atoms with Crippen molar-refractivity contribution in [1.29, 1.82) is 0 Å². The summed E-state index contributed by atoms with van der Waals surface area (Å²) in [5.74, 6) is 0. The second-order valence-electron chi connectivity index (χ2n) is 6.03. The molecule has 1 aromatic carbocycles. The number of rotatable bonds is 2. The smallest absolute Gasteiger partial charge is 0.0412 e. The van der Waals surface area contributed by atoms with E-state index in [1.54, 1.807) is 0 Å². The van der Waals surface area contributed by atoms with Crippen LogP contribution in [0.25, 0.3) is 0 Å². The van der Waals surface area contributed by atoms with Gasteiger partial charge in [-0.1, -0.05) is 22.0 Å². The van der Waals surface area contributed by atoms with Gasteiger partial charge in [0.2, 0.25) is 0 Å². The van der Waals surface area contributed by atoms with Crippen LogP contribution < -0.4 is 10.2 Å². The van der Waals surface area contributed by atoms with Gasteiger partial charge in [0.05, 0.1) is 0 Å². The van der Waals surface area contributed by atoms with Crippen LogP contribution in [-0.2, 0) is 0 Å². The van der Waals surface area contributed by atoms with Gasteiger partial charge in [0.25, 0.3) is 0 Å². The van der Waals surface area contributed by atoms with Crippen molar-refractivity contribution in [2.75, 3.05) is 11.9 Å². The number of fused-ring (bicyclic) bond motifs is 2. The normalized spacial score (nSPS) is 30.5. The maximum atomic E-state index is 3.63. The van der Waals surface area contributed by atoms with E-state index in [1.165, 1.54) is 47.8 Å². The van der Waals surface area contributed by atoms with Gasteiger partial charge in [-0.15, -0.1) is 0 Å². The molecule has 2 unspecified atom stereocenters. The molecule has 2 aliphatic rings. The fourth-order valence-electron chi connectivity index (χ4n) is 3.87. The quantitative estimate of drug-likeness (QED) is 0.889. The molecule has 0 aliphatic carbocycles. The van der Waals surface area contributed by atoms with Crippen molar-refractivity contribution >= 4 is 21.6 Å². The highest BCUT2D eigenvalue weighted by Crippen LogP contribution is 2.39. The van der Waals surface area contributed by atoms with Crippen molar-refractivity contribution < 1.29 is 0 Å². The summed E-state index contributed by atoms with van der Waals surface area (Å²) in [5.41, 5.74) is 2.85. The lowest BCUT2D eigenvalue weighted by Crippen LogP contribution is -2.56. The van der Waals surface area contributed by atoms with E-state index in [0.717, 1.165) is 12.1 Å². The molecule has 2 fully saturated rings. The number of nitrogens with zero attached hydrogens (tertiary/aromatic N) is 1. The Balaban J connectivity index is 1.93. The van der Waals surface area contributed by atoms with Crippen molar-refractivity contribution in [2.45, 2.75) is 57.2 Å². The van der Waals surface area contributed by atoms with E-state index in [9.17, 15) is 0 Å². The minimum Gasteiger partial charge on any atom is -0.365 e. The predicted molar refractivity (Wildman–Crippen MR) is 84.9 cm³/mol. The van der Waals surface area contributed by atoms with Crippen molar-refractivity contribution in [1.82, 2.24) is 5.32 Å². The van der Waals surface area contributed by atoms with Gasteiger partial charge >= 0.3 is 0 Å². The molecule has 2 bridgehead atoms. The van der Waals surface area contributed by atoms with Gasteiger partial charge in [0.15, 0.2) is 0 Å². The number of hydrogen-bond acceptors (Lipinski definition) is 2. The van der Waals surface area contributed by atoms with Crippen LogP contribution in [0.3, 0.4) is 0 Å². The highest BCUT2D eigenvalue weighted by atomic mass is 79.9. The van der Waals surface area contributed by atoms with Gasteiger partial charge < -0.3 is 10.2 Å². The number of halogens is 1. The Kier molecular flexibility index (Phi) is 3.86. The average Bonchev–Trinajstić information content (AvgIpc) is 2.40. The van der Waals surface area contributed by atoms with Crippen molar-refractivity contribution in [3.63, 3.8) is 0 Å². The summed E-state index contributed by atoms with van der Waals surface area (Å²) in [6.45, 7) is 2.24. The number of aryl methyl sites for hydroxylation is 1. The monoisotopic (exact) mass is 322 g/mol. The molecule has 104 valence electrons. The number of piperidine rings is 2. The van der Waals surface area contributed by atoms with E-state index in [1.807, 2.05) is 0 Å². The van der Waals surface area contributed by atoms with Gasteiger partial charge in [0.1, 0.15) is 0 Å². The minimum absolute atomic E-state index is 0.707. The van der Waals surface area contributed by atoms with E-state index in [4.69, 9.17) is 0 Å². The first-order chi connectivity index (χ1) is 9.19. The molecule has 0 aromatic heterocycles. The lowest BCUT2D eigenvalue weighted by molar-refractivity contribution is 0.252. The summed E-state index contributed by atoms with van der Waals surface area (Å²) in [6.07, 6.45) is 6.68. The summed E-state index contributed by atoms with van der Waals surface area (Å²) in [5, 5.41) is 3.49. The molecular weight excluding hydrogens is 300 g/mol. The summed E-state index contributed by atoms with van der Waals surface area (Å²) < 4.78 is 1.20. The first kappa shape index (κ1) is 13.4. The van der Waals surface area contributed by atoms with E-state index >= 15 is 0 Å². The average molecular weight is 323 g/mol. The molecule has 3 rings (SSSR count). The molecular formula is C16H23BrN2. The van der Waals surface area contributed by atoms with Crippen LogP contribution in [0.15, 0.2) is 22.7 Å². The minimum atomic E-state index is 0.707. The van der Waals surface area contributed by atoms with Crippen molar-refractivity contribution in [2.24, 2.45) is 0 Å². The molecule has 2 atom stereocenters. The molecule has 19 heavy (non-hydrogen) atoms. The standard InChI is InChI=1S/C16H23BrN2/c1-11-6-7-12(17)8-16(11)19-14-4-3-5-15(19)10-13(9-14)18-2/h6-8,13-15,18H,3-5,9-10H2,1-2H3. The highest BCUT2D eigenvalue weighted by molar-refractivity contribution is 9.10. The molecule has 0 radical (unpaired) electrons. The molecule has 0 spiro atoms. The first-order valence-corrected chi connectivity index (χ1v) is 8.20. The summed E-state index contributed by atoms with van der Waals surface area (Å²) >= 11 is 3.63. The number of anilines is 1. The van der Waals surface area contributed by atoms with Crippen molar-refractivity contribution in [3.05, 3.63) is 28.2 Å². The predicted octanol–water partition coefficient (Wildman–Crippen LogP) is 3.87. The third-order valence-electron chi connectivity index (χ3n) is 4.83. The van der Waals surface area contributed by atoms with Gasteiger partial charge in [-0.2, -0.15) is 0 Å². The second kappa shape index (κ2) is 5.45. The Labute approximate surface area is 124 Å². The Bertz CT molecular complexity index is 446. The van der Waals surface area contributed by atoms with Crippen LogP contribution in [0, 0.1) is 6.92 Å². The van der Waals surface area contributed by atoms with Crippen LogP contribution in [0.2, 0.25) is 0 Å². The van der Waals surface area contributed by atoms with Gasteiger partial charge in [0, 0.05) is 28.3 Å². The van der Waals surface area contributed by atoms with E-state index < -0.39 is 0 Å². The van der Waals surface area contributed by atoms with Gasteiger partial charge in [-0.3, -0.25) is 0 Å². The van der Waals surface area contributed by atoms with Crippen LogP contribution in [-0.4, -0.2) is 25.2 Å². The Morgan fingerprint density at radius 2 is 1.89 bits per heavy atom. The maximum Gasteiger partial charge on any atom is 0.0412 e. The third-order valence-corrected chi connectivity index (χ3v) is 5.33. The zero-order valence-electron chi connectivity index (χ0n) is 11.8. The fourth-order valence-corrected chi connectivity index (χ4v) is 4.22. The maximum absolute atomic E-state index is 3.63. The SMILES string of the molecule is CNC1CC2CCCC(C1)N2c1cc(Br)ccc1C. The van der Waals surface area contributed by atoms with E-state index in [2.05, 4.69) is 58.3 Å². The van der Waals surface area contributed by atoms with E-state index in [0.29, 0.717) is 6.04 Å². The zero-order valence-corrected chi connectivity index (χ0v) is 13.4. The highest BCUT2D eigenvalue weighted by Gasteiger charge is 2.38. The number of nitrogens with one attached hydrogen (secondary N) is 1. The largest absolute Gasteiger partial charge is 0.365 e. The van der Waals surface area contributed by atoms with Crippen LogP contribution in [0.5, 0.6) is 0 Å². The summed E-state index contributed by atoms with van der Waals surface area (Å²) in [6, 6.07) is 8.84. The third kappa shape index (κ3) is 2.55. The molecule has 1 aromatic rings. The summed E-state index contributed by atoms with van der Waals surface area (Å²) in [7, 11) is 2.11. The molecule has 0 saturated carbocycles. The molecule has 2 aliphatic heterocycles. The molecule has 2 heterocycles. The van der Waals surface area contributed by atoms with Crippen LogP contribution >= 0.6 is 15.9 Å². The first-order valence-electron chi connectivity index (χ1n) is 7.41. The topological polar surface area (TPSA) is 15.3 Å². The second-order valence-corrected chi connectivity index (χ2v) is 6.95. The lowest BCUT2D eigenvalue weighted by atomic mass is 9.81. The summed E-state index contributed by atoms with van der Waals surface area (Å²) in [4.78, 5) is 2.72. The Hall–Kier alpha value is -0.540. The van der Waals surface area contributed by atoms with Crippen molar-refractivity contribution in [3.8, 4) is 0 Å². The zero-order chi connectivity index (χ0) is 13.4. The van der Waals surface area contributed by atoms with E-state index in [-0.39, 0.29) is 0 Å². The molecule has 3 heteroatoms. The molecule has 2 nitrogen and oxygen atoms in total. The van der Waals surface area contributed by atoms with Gasteiger partial charge in [-0.05, 0) is 63.8 Å². The number of benzene rings is 1. The van der Waals surface area contributed by atoms with Crippen LogP contribution in [0.4, 0.5) is 5.69 Å². The van der Waals surface area contributed by atoms with Crippen LogP contribution in [0.1, 0.15) is 37.7 Å². The molecule has 0 amide bonds. The lowest BCUT2D eigenvalue weighted by Gasteiger charge is -2.50. The molecule has 2 saturated heterocycles. The molecule has 1 N–H and O–H groups in total. The Morgan fingerprint density at radius 3 is 2.53 bits per heavy atom. The Morgan fingerprint density at radius 1 is 1.21 bits per heavy atom. The van der Waals surface area contributed by atoms with Gasteiger partial charge in [-0.25, -0.2) is 0 Å².